The lowest BCUT2D eigenvalue weighted by atomic mass is 10.1. The molecule has 2 rings (SSSR count). The fourth-order valence-corrected chi connectivity index (χ4v) is 2.39. The summed E-state index contributed by atoms with van der Waals surface area (Å²) in [5.74, 6) is 1.05. The normalized spacial score (nSPS) is 10.4. The van der Waals surface area contributed by atoms with E-state index in [1.807, 2.05) is 12.1 Å². The van der Waals surface area contributed by atoms with Crippen LogP contribution in [0.5, 0.6) is 5.75 Å². The second-order valence-electron chi connectivity index (χ2n) is 5.94. The molecule has 0 saturated carbocycles. The summed E-state index contributed by atoms with van der Waals surface area (Å²) in [6.07, 6.45) is 0.990. The van der Waals surface area contributed by atoms with Gasteiger partial charge in [-0.05, 0) is 61.0 Å². The third kappa shape index (κ3) is 6.36. The number of carbonyl (C=O) groups excluding carboxylic acids is 1. The summed E-state index contributed by atoms with van der Waals surface area (Å²) in [6, 6.07) is 14.1. The molecule has 0 bridgehead atoms. The Labute approximate surface area is 158 Å². The summed E-state index contributed by atoms with van der Waals surface area (Å²) in [4.78, 5) is 12.2. The molecule has 4 nitrogen and oxygen atoms in total. The average Bonchev–Trinajstić information content (AvgIpc) is 2.57. The Morgan fingerprint density at radius 3 is 2.48 bits per heavy atom. The summed E-state index contributed by atoms with van der Waals surface area (Å²) in [5.41, 5.74) is 1.14. The van der Waals surface area contributed by atoms with E-state index in [0.717, 1.165) is 12.2 Å². The molecular weight excluding hydrogens is 356 g/mol. The first-order chi connectivity index (χ1) is 12.0. The monoisotopic (exact) mass is 376 g/mol. The number of hydrogen-bond donors (Lipinski definition) is 2. The molecular formula is C19H21ClN2O2S. The van der Waals surface area contributed by atoms with Crippen molar-refractivity contribution >= 4 is 40.5 Å². The van der Waals surface area contributed by atoms with Crippen molar-refractivity contribution in [2.45, 2.75) is 20.3 Å². The third-order valence-corrected chi connectivity index (χ3v) is 3.96. The summed E-state index contributed by atoms with van der Waals surface area (Å²) >= 11 is 11.2. The number of anilines is 1. The van der Waals surface area contributed by atoms with Gasteiger partial charge in [-0.2, -0.15) is 0 Å². The van der Waals surface area contributed by atoms with E-state index in [0.29, 0.717) is 28.8 Å². The van der Waals surface area contributed by atoms with Crippen LogP contribution in [0.15, 0.2) is 48.5 Å². The zero-order valence-corrected chi connectivity index (χ0v) is 15.8. The predicted octanol–water partition coefficient (Wildman–Crippen LogP) is 4.89. The fourth-order valence-electron chi connectivity index (χ4n) is 2.01. The molecule has 0 atom stereocenters. The molecule has 0 unspecified atom stereocenters. The number of halogens is 1. The maximum absolute atomic E-state index is 12.2. The number of amides is 1. The van der Waals surface area contributed by atoms with Gasteiger partial charge in [-0.25, -0.2) is 0 Å². The van der Waals surface area contributed by atoms with Gasteiger partial charge in [0.05, 0.1) is 17.3 Å². The van der Waals surface area contributed by atoms with Crippen LogP contribution >= 0.6 is 23.8 Å². The van der Waals surface area contributed by atoms with Gasteiger partial charge in [0.25, 0.3) is 5.91 Å². The van der Waals surface area contributed by atoms with E-state index in [1.165, 1.54) is 0 Å². The van der Waals surface area contributed by atoms with Crippen LogP contribution in [0.4, 0.5) is 5.69 Å². The molecule has 1 amide bonds. The second-order valence-corrected chi connectivity index (χ2v) is 6.76. The van der Waals surface area contributed by atoms with Crippen LogP contribution in [0.2, 0.25) is 5.02 Å². The number of ether oxygens (including phenoxy) is 1. The maximum Gasteiger partial charge on any atom is 0.257 e. The Morgan fingerprint density at radius 1 is 1.16 bits per heavy atom. The molecule has 0 aliphatic rings. The lowest BCUT2D eigenvalue weighted by Crippen LogP contribution is -2.34. The highest BCUT2D eigenvalue weighted by Crippen LogP contribution is 2.20. The highest BCUT2D eigenvalue weighted by atomic mass is 35.5. The van der Waals surface area contributed by atoms with Crippen molar-refractivity contribution < 1.29 is 9.53 Å². The Bertz CT molecular complexity index is 732. The Hall–Kier alpha value is -2.11. The van der Waals surface area contributed by atoms with Gasteiger partial charge in [0.1, 0.15) is 5.75 Å². The zero-order chi connectivity index (χ0) is 18.2. The molecule has 25 heavy (non-hydrogen) atoms. The molecule has 2 N–H and O–H groups in total. The van der Waals surface area contributed by atoms with Crippen molar-refractivity contribution in [3.8, 4) is 5.75 Å². The van der Waals surface area contributed by atoms with Gasteiger partial charge >= 0.3 is 0 Å². The smallest absolute Gasteiger partial charge is 0.257 e. The largest absolute Gasteiger partial charge is 0.494 e. The number of rotatable bonds is 6. The summed E-state index contributed by atoms with van der Waals surface area (Å²) < 4.78 is 5.64. The topological polar surface area (TPSA) is 50.4 Å². The molecule has 0 aliphatic carbocycles. The Balaban J connectivity index is 1.87. The maximum atomic E-state index is 12.2. The van der Waals surface area contributed by atoms with Crippen LogP contribution < -0.4 is 15.4 Å². The quantitative estimate of drug-likeness (QED) is 0.704. The van der Waals surface area contributed by atoms with Crippen molar-refractivity contribution in [3.63, 3.8) is 0 Å². The van der Waals surface area contributed by atoms with Crippen molar-refractivity contribution in [1.82, 2.24) is 5.32 Å². The zero-order valence-electron chi connectivity index (χ0n) is 14.2. The highest BCUT2D eigenvalue weighted by molar-refractivity contribution is 7.80. The van der Waals surface area contributed by atoms with Gasteiger partial charge in [-0.15, -0.1) is 0 Å². The van der Waals surface area contributed by atoms with Crippen LogP contribution in [0.1, 0.15) is 30.6 Å². The molecule has 0 aromatic heterocycles. The van der Waals surface area contributed by atoms with Crippen LogP contribution in [-0.2, 0) is 0 Å². The molecule has 0 spiro atoms. The van der Waals surface area contributed by atoms with Gasteiger partial charge in [-0.3, -0.25) is 10.1 Å². The van der Waals surface area contributed by atoms with Crippen LogP contribution in [-0.4, -0.2) is 17.6 Å². The number of carbonyl (C=O) groups is 1. The van der Waals surface area contributed by atoms with E-state index in [-0.39, 0.29) is 11.0 Å². The lowest BCUT2D eigenvalue weighted by molar-refractivity contribution is 0.0977. The molecule has 132 valence electrons. The number of nitrogens with one attached hydrogen (secondary N) is 2. The minimum Gasteiger partial charge on any atom is -0.494 e. The molecule has 0 aliphatic heterocycles. The average molecular weight is 377 g/mol. The van der Waals surface area contributed by atoms with Crippen molar-refractivity contribution in [2.75, 3.05) is 11.9 Å². The van der Waals surface area contributed by atoms with Gasteiger partial charge in [0, 0.05) is 5.56 Å². The molecule has 0 fully saturated rings. The van der Waals surface area contributed by atoms with Crippen LogP contribution in [0.3, 0.4) is 0 Å². The summed E-state index contributed by atoms with van der Waals surface area (Å²) in [7, 11) is 0. The van der Waals surface area contributed by atoms with Crippen molar-refractivity contribution in [1.29, 1.82) is 0 Å². The number of thiocarbonyl (C=S) groups is 1. The molecule has 0 saturated heterocycles. The number of benzene rings is 2. The van der Waals surface area contributed by atoms with E-state index in [9.17, 15) is 4.79 Å². The summed E-state index contributed by atoms with van der Waals surface area (Å²) in [5, 5.41) is 6.25. The van der Waals surface area contributed by atoms with Gasteiger partial charge in [0.2, 0.25) is 0 Å². The minimum atomic E-state index is -0.293. The van der Waals surface area contributed by atoms with Crippen LogP contribution in [0.25, 0.3) is 0 Å². The first-order valence-corrected chi connectivity index (χ1v) is 8.84. The number of hydrogen-bond acceptors (Lipinski definition) is 3. The lowest BCUT2D eigenvalue weighted by Gasteiger charge is -2.11. The van der Waals surface area contributed by atoms with Crippen LogP contribution in [0, 0.1) is 5.92 Å². The first-order valence-electron chi connectivity index (χ1n) is 8.05. The molecule has 2 aromatic rings. The molecule has 2 aromatic carbocycles. The third-order valence-electron chi connectivity index (χ3n) is 3.43. The molecule has 0 heterocycles. The van der Waals surface area contributed by atoms with Gasteiger partial charge < -0.3 is 10.1 Å². The van der Waals surface area contributed by atoms with E-state index in [4.69, 9.17) is 28.6 Å². The van der Waals surface area contributed by atoms with Crippen molar-refractivity contribution in [3.05, 3.63) is 59.1 Å². The van der Waals surface area contributed by atoms with E-state index in [1.54, 1.807) is 36.4 Å². The molecule has 0 radical (unpaired) electrons. The van der Waals surface area contributed by atoms with E-state index < -0.39 is 0 Å². The van der Waals surface area contributed by atoms with Crippen molar-refractivity contribution in [2.24, 2.45) is 5.92 Å². The molecule has 6 heteroatoms. The highest BCUT2D eigenvalue weighted by Gasteiger charge is 2.09. The standard InChI is InChI=1S/C19H21ClN2O2S/c1-13(2)11-12-24-15-9-7-14(8-10-15)18(23)22-19(25)21-17-6-4-3-5-16(17)20/h3-10,13H,11-12H2,1-2H3,(H2,21,22,23,25). The van der Waals surface area contributed by atoms with E-state index >= 15 is 0 Å². The Morgan fingerprint density at radius 2 is 1.84 bits per heavy atom. The first kappa shape index (κ1) is 19.2. The number of para-hydroxylation sites is 1. The predicted molar refractivity (Wildman–Crippen MR) is 107 cm³/mol. The van der Waals surface area contributed by atoms with E-state index in [2.05, 4.69) is 24.5 Å². The Kier molecular flexibility index (Phi) is 7.22. The van der Waals surface area contributed by atoms with Gasteiger partial charge in [0.15, 0.2) is 5.11 Å². The van der Waals surface area contributed by atoms with Gasteiger partial charge in [-0.1, -0.05) is 37.6 Å². The second kappa shape index (κ2) is 9.39. The fraction of sp³-hybridized carbons (Fsp3) is 0.263. The summed E-state index contributed by atoms with van der Waals surface area (Å²) in [6.45, 7) is 4.96. The minimum absolute atomic E-state index is 0.190. The SMILES string of the molecule is CC(C)CCOc1ccc(C(=O)NC(=S)Nc2ccccc2Cl)cc1.